The van der Waals surface area contributed by atoms with Gasteiger partial charge in [-0.1, -0.05) is 12.1 Å². The van der Waals surface area contributed by atoms with Gasteiger partial charge in [0.1, 0.15) is 5.75 Å². The van der Waals surface area contributed by atoms with Crippen molar-refractivity contribution in [2.75, 3.05) is 51.8 Å². The summed E-state index contributed by atoms with van der Waals surface area (Å²) in [6.07, 6.45) is 0.281. The average Bonchev–Trinajstić information content (AvgIpc) is 2.96. The Bertz CT molecular complexity index is 597. The predicted molar refractivity (Wildman–Crippen MR) is 87.5 cm³/mol. The summed E-state index contributed by atoms with van der Waals surface area (Å²) >= 11 is 0. The van der Waals surface area contributed by atoms with Gasteiger partial charge in [-0.25, -0.2) is 0 Å². The lowest BCUT2D eigenvalue weighted by molar-refractivity contribution is -0.137. The van der Waals surface area contributed by atoms with Crippen molar-refractivity contribution in [1.29, 1.82) is 0 Å². The molecule has 2 amide bonds. The molecule has 1 unspecified atom stereocenters. The number of piperazine rings is 1. The molecule has 3 rings (SSSR count). The molecule has 2 heterocycles. The van der Waals surface area contributed by atoms with Crippen LogP contribution in [0, 0.1) is 5.92 Å². The highest BCUT2D eigenvalue weighted by Gasteiger charge is 2.38. The van der Waals surface area contributed by atoms with Gasteiger partial charge in [-0.05, 0) is 19.2 Å². The van der Waals surface area contributed by atoms with Crippen molar-refractivity contribution < 1.29 is 14.3 Å². The summed E-state index contributed by atoms with van der Waals surface area (Å²) in [4.78, 5) is 30.8. The van der Waals surface area contributed by atoms with Gasteiger partial charge in [0.25, 0.3) is 0 Å². The molecule has 6 heteroatoms. The minimum Gasteiger partial charge on any atom is -0.495 e. The van der Waals surface area contributed by atoms with Crippen LogP contribution in [0.15, 0.2) is 24.3 Å². The average molecular weight is 317 g/mol. The molecule has 0 saturated carbocycles. The third-order valence-corrected chi connectivity index (χ3v) is 4.67. The molecule has 2 aliphatic rings. The highest BCUT2D eigenvalue weighted by Crippen LogP contribution is 2.33. The second-order valence-corrected chi connectivity index (χ2v) is 6.21. The number of rotatable bonds is 3. The second-order valence-electron chi connectivity index (χ2n) is 6.21. The summed E-state index contributed by atoms with van der Waals surface area (Å²) in [6.45, 7) is 3.71. The normalized spacial score (nSPS) is 22.5. The summed E-state index contributed by atoms with van der Waals surface area (Å²) in [5.41, 5.74) is 0.744. The first-order chi connectivity index (χ1) is 11.1. The Morgan fingerprint density at radius 3 is 2.57 bits per heavy atom. The Balaban J connectivity index is 1.71. The monoisotopic (exact) mass is 317 g/mol. The molecule has 1 aromatic carbocycles. The van der Waals surface area contributed by atoms with Crippen molar-refractivity contribution in [2.24, 2.45) is 5.92 Å². The van der Waals surface area contributed by atoms with E-state index in [1.54, 1.807) is 12.0 Å². The van der Waals surface area contributed by atoms with Crippen LogP contribution in [0.5, 0.6) is 5.75 Å². The SMILES string of the molecule is COc1ccccc1N1CC(C(=O)N2CCN(C)CC2)CC1=O. The molecule has 0 aliphatic carbocycles. The van der Waals surface area contributed by atoms with Gasteiger partial charge < -0.3 is 19.4 Å². The van der Waals surface area contributed by atoms with Gasteiger partial charge >= 0.3 is 0 Å². The summed E-state index contributed by atoms with van der Waals surface area (Å²) in [5, 5.41) is 0. The van der Waals surface area contributed by atoms with Crippen molar-refractivity contribution in [1.82, 2.24) is 9.80 Å². The van der Waals surface area contributed by atoms with Gasteiger partial charge in [-0.15, -0.1) is 0 Å². The van der Waals surface area contributed by atoms with Crippen LogP contribution >= 0.6 is 0 Å². The predicted octanol–water partition coefficient (Wildman–Crippen LogP) is 0.822. The topological polar surface area (TPSA) is 53.1 Å². The van der Waals surface area contributed by atoms with Crippen molar-refractivity contribution in [3.8, 4) is 5.75 Å². The van der Waals surface area contributed by atoms with Gasteiger partial charge in [0.2, 0.25) is 11.8 Å². The lowest BCUT2D eigenvalue weighted by Gasteiger charge is -2.33. The highest BCUT2D eigenvalue weighted by molar-refractivity contribution is 6.01. The van der Waals surface area contributed by atoms with Crippen LogP contribution in [-0.4, -0.2) is 68.5 Å². The lowest BCUT2D eigenvalue weighted by atomic mass is 10.1. The second kappa shape index (κ2) is 6.58. The molecule has 2 fully saturated rings. The number of benzene rings is 1. The van der Waals surface area contributed by atoms with E-state index in [0.29, 0.717) is 12.3 Å². The fourth-order valence-electron chi connectivity index (χ4n) is 3.24. The molecule has 2 aliphatic heterocycles. The Hall–Kier alpha value is -2.08. The third-order valence-electron chi connectivity index (χ3n) is 4.67. The van der Waals surface area contributed by atoms with E-state index in [4.69, 9.17) is 4.74 Å². The Labute approximate surface area is 136 Å². The molecule has 0 radical (unpaired) electrons. The van der Waals surface area contributed by atoms with Crippen LogP contribution in [-0.2, 0) is 9.59 Å². The number of carbonyl (C=O) groups is 2. The number of methoxy groups -OCH3 is 1. The minimum atomic E-state index is -0.254. The van der Waals surface area contributed by atoms with E-state index in [2.05, 4.69) is 11.9 Å². The number of ether oxygens (including phenoxy) is 1. The third kappa shape index (κ3) is 3.17. The molecule has 6 nitrogen and oxygen atoms in total. The van der Waals surface area contributed by atoms with Crippen molar-refractivity contribution in [3.63, 3.8) is 0 Å². The van der Waals surface area contributed by atoms with E-state index in [1.807, 2.05) is 29.2 Å². The van der Waals surface area contributed by atoms with Crippen molar-refractivity contribution in [3.05, 3.63) is 24.3 Å². The highest BCUT2D eigenvalue weighted by atomic mass is 16.5. The van der Waals surface area contributed by atoms with Crippen LogP contribution in [0.3, 0.4) is 0 Å². The maximum atomic E-state index is 12.7. The molecular weight excluding hydrogens is 294 g/mol. The van der Waals surface area contributed by atoms with Crippen molar-refractivity contribution in [2.45, 2.75) is 6.42 Å². The van der Waals surface area contributed by atoms with Gasteiger partial charge in [0.15, 0.2) is 0 Å². The Morgan fingerprint density at radius 2 is 1.87 bits per heavy atom. The first-order valence-corrected chi connectivity index (χ1v) is 8.01. The van der Waals surface area contributed by atoms with Gasteiger partial charge in [0, 0.05) is 39.1 Å². The molecule has 1 atom stereocenters. The first-order valence-electron chi connectivity index (χ1n) is 8.01. The van der Waals surface area contributed by atoms with Crippen LogP contribution in [0.1, 0.15) is 6.42 Å². The first kappa shape index (κ1) is 15.8. The summed E-state index contributed by atoms with van der Waals surface area (Å²) in [7, 11) is 3.65. The molecule has 0 bridgehead atoms. The van der Waals surface area contributed by atoms with Crippen molar-refractivity contribution >= 4 is 17.5 Å². The van der Waals surface area contributed by atoms with E-state index in [1.165, 1.54) is 0 Å². The molecule has 1 aromatic rings. The Morgan fingerprint density at radius 1 is 1.17 bits per heavy atom. The standard InChI is InChI=1S/C17H23N3O3/c1-18-7-9-19(10-8-18)17(22)13-11-16(21)20(12-13)14-5-3-4-6-15(14)23-2/h3-6,13H,7-12H2,1-2H3. The van der Waals surface area contributed by atoms with E-state index < -0.39 is 0 Å². The van der Waals surface area contributed by atoms with Crippen LogP contribution in [0.25, 0.3) is 0 Å². The summed E-state index contributed by atoms with van der Waals surface area (Å²) < 4.78 is 5.34. The van der Waals surface area contributed by atoms with E-state index in [0.717, 1.165) is 31.9 Å². The van der Waals surface area contributed by atoms with Crippen LogP contribution < -0.4 is 9.64 Å². The molecule has 0 N–H and O–H groups in total. The zero-order valence-corrected chi connectivity index (χ0v) is 13.7. The fraction of sp³-hybridized carbons (Fsp3) is 0.529. The zero-order valence-electron chi connectivity index (χ0n) is 13.7. The lowest BCUT2D eigenvalue weighted by Crippen LogP contribution is -2.49. The zero-order chi connectivity index (χ0) is 16.4. The van der Waals surface area contributed by atoms with Gasteiger partial charge in [-0.2, -0.15) is 0 Å². The summed E-state index contributed by atoms with van der Waals surface area (Å²) in [5.74, 6) is 0.496. The number of hydrogen-bond donors (Lipinski definition) is 0. The minimum absolute atomic E-state index is 0.0121. The van der Waals surface area contributed by atoms with E-state index in [9.17, 15) is 9.59 Å². The number of nitrogens with zero attached hydrogens (tertiary/aromatic N) is 3. The molecule has 0 aromatic heterocycles. The number of likely N-dealkylation sites (N-methyl/N-ethyl adjacent to an activating group) is 1. The number of carbonyl (C=O) groups excluding carboxylic acids is 2. The maximum absolute atomic E-state index is 12.7. The summed E-state index contributed by atoms with van der Waals surface area (Å²) in [6, 6.07) is 7.44. The van der Waals surface area contributed by atoms with E-state index in [-0.39, 0.29) is 24.2 Å². The van der Waals surface area contributed by atoms with E-state index >= 15 is 0 Å². The molecule has 124 valence electrons. The number of para-hydroxylation sites is 2. The molecular formula is C17H23N3O3. The molecule has 2 saturated heterocycles. The van der Waals surface area contributed by atoms with Gasteiger partial charge in [-0.3, -0.25) is 9.59 Å². The number of amides is 2. The molecule has 23 heavy (non-hydrogen) atoms. The fourth-order valence-corrected chi connectivity index (χ4v) is 3.24. The van der Waals surface area contributed by atoms with Crippen LogP contribution in [0.4, 0.5) is 5.69 Å². The smallest absolute Gasteiger partial charge is 0.228 e. The Kier molecular flexibility index (Phi) is 4.52. The number of anilines is 1. The van der Waals surface area contributed by atoms with Gasteiger partial charge in [0.05, 0.1) is 18.7 Å². The largest absolute Gasteiger partial charge is 0.495 e. The van der Waals surface area contributed by atoms with Crippen LogP contribution in [0.2, 0.25) is 0 Å². The maximum Gasteiger partial charge on any atom is 0.228 e. The molecule has 0 spiro atoms. The number of hydrogen-bond acceptors (Lipinski definition) is 4. The quantitative estimate of drug-likeness (QED) is 0.828.